The van der Waals surface area contributed by atoms with Crippen LogP contribution in [0.4, 0.5) is 0 Å². The Balaban J connectivity index is 0.000000126. The molecule has 0 atom stereocenters. The second-order valence-corrected chi connectivity index (χ2v) is 7.75. The van der Waals surface area contributed by atoms with E-state index in [0.717, 1.165) is 17.7 Å². The predicted molar refractivity (Wildman–Crippen MR) is 85.6 cm³/mol. The van der Waals surface area contributed by atoms with Crippen molar-refractivity contribution in [3.05, 3.63) is 42.8 Å². The fraction of sp³-hybridized carbons (Fsp3) is 0.438. The molecule has 21 heavy (non-hydrogen) atoms. The van der Waals surface area contributed by atoms with Crippen LogP contribution in [0.2, 0.25) is 0 Å². The fourth-order valence-electron chi connectivity index (χ4n) is 2.90. The van der Waals surface area contributed by atoms with E-state index in [4.69, 9.17) is 10.2 Å². The maximum atomic E-state index is 10.5. The third-order valence-corrected chi connectivity index (χ3v) is 6.36. The molecule has 0 radical (unpaired) electrons. The number of carboxylic acid groups (broad SMARTS) is 1. The molecule has 2 N–H and O–H groups in total. The summed E-state index contributed by atoms with van der Waals surface area (Å²) in [6.07, 6.45) is 7.12. The lowest BCUT2D eigenvalue weighted by atomic mass is 10.2. The third kappa shape index (κ3) is 3.20. The van der Waals surface area contributed by atoms with Crippen molar-refractivity contribution >= 4 is 28.6 Å². The number of aliphatic hydroxyl groups excluding tert-OH is 1. The first-order valence-corrected chi connectivity index (χ1v) is 8.87. The van der Waals surface area contributed by atoms with Crippen molar-refractivity contribution in [2.24, 2.45) is 0 Å². The Labute approximate surface area is 131 Å². The van der Waals surface area contributed by atoms with Gasteiger partial charge in [0.15, 0.2) is 0 Å². The molecule has 0 bridgehead atoms. The molecule has 0 aromatic carbocycles. The summed E-state index contributed by atoms with van der Waals surface area (Å²) in [5.74, 6) is -0.788. The summed E-state index contributed by atoms with van der Waals surface area (Å²) in [4.78, 5) is 14.9. The molecule has 0 aliphatic heterocycles. The Morgan fingerprint density at radius 1 is 1.00 bits per heavy atom. The smallest absolute Gasteiger partial charge is 0.345 e. The molecule has 2 aromatic rings. The SMILES string of the molecule is O=C(O)c1cc2c(s1)CCC2.OCc1cc2c(s1)CCC2. The zero-order chi connectivity index (χ0) is 14.8. The van der Waals surface area contributed by atoms with Crippen LogP contribution < -0.4 is 0 Å². The van der Waals surface area contributed by atoms with Crippen molar-refractivity contribution in [1.29, 1.82) is 0 Å². The first kappa shape index (κ1) is 14.8. The van der Waals surface area contributed by atoms with Gasteiger partial charge in [0, 0.05) is 14.6 Å². The highest BCUT2D eigenvalue weighted by atomic mass is 32.1. The zero-order valence-corrected chi connectivity index (χ0v) is 13.4. The molecule has 0 fully saturated rings. The Morgan fingerprint density at radius 2 is 1.62 bits per heavy atom. The van der Waals surface area contributed by atoms with Gasteiger partial charge < -0.3 is 10.2 Å². The number of carboxylic acids is 1. The number of rotatable bonds is 2. The van der Waals surface area contributed by atoms with Crippen LogP contribution >= 0.6 is 22.7 Å². The molecule has 112 valence electrons. The summed E-state index contributed by atoms with van der Waals surface area (Å²) in [5, 5.41) is 17.5. The average Bonchev–Trinajstić information content (AvgIpc) is 3.17. The van der Waals surface area contributed by atoms with E-state index >= 15 is 0 Å². The van der Waals surface area contributed by atoms with Gasteiger partial charge in [-0.2, -0.15) is 0 Å². The molecule has 2 aromatic heterocycles. The van der Waals surface area contributed by atoms with Gasteiger partial charge in [0.2, 0.25) is 0 Å². The van der Waals surface area contributed by atoms with Gasteiger partial charge in [-0.05, 0) is 61.8 Å². The first-order chi connectivity index (χ1) is 10.2. The average molecular weight is 322 g/mol. The van der Waals surface area contributed by atoms with E-state index < -0.39 is 5.97 Å². The molecule has 2 aliphatic rings. The monoisotopic (exact) mass is 322 g/mol. The maximum Gasteiger partial charge on any atom is 0.345 e. The number of fused-ring (bicyclic) bond motifs is 2. The number of carbonyl (C=O) groups is 1. The summed E-state index contributed by atoms with van der Waals surface area (Å²) in [6, 6.07) is 3.96. The zero-order valence-electron chi connectivity index (χ0n) is 11.7. The molecule has 0 saturated carbocycles. The third-order valence-electron chi connectivity index (χ3n) is 3.91. The summed E-state index contributed by atoms with van der Waals surface area (Å²) in [7, 11) is 0. The highest BCUT2D eigenvalue weighted by Gasteiger charge is 2.17. The highest BCUT2D eigenvalue weighted by molar-refractivity contribution is 7.14. The topological polar surface area (TPSA) is 57.5 Å². The van der Waals surface area contributed by atoms with E-state index in [0.29, 0.717) is 4.88 Å². The largest absolute Gasteiger partial charge is 0.477 e. The minimum absolute atomic E-state index is 0.220. The van der Waals surface area contributed by atoms with Crippen LogP contribution in [0.1, 0.15) is 48.3 Å². The molecule has 0 unspecified atom stereocenters. The number of hydrogen-bond acceptors (Lipinski definition) is 4. The molecule has 0 amide bonds. The second-order valence-electron chi connectivity index (χ2n) is 5.39. The van der Waals surface area contributed by atoms with E-state index in [1.807, 2.05) is 6.07 Å². The second kappa shape index (κ2) is 6.30. The summed E-state index contributed by atoms with van der Waals surface area (Å²) >= 11 is 3.20. The molecule has 4 rings (SSSR count). The first-order valence-electron chi connectivity index (χ1n) is 7.23. The molecule has 0 spiro atoms. The summed E-state index contributed by atoms with van der Waals surface area (Å²) < 4.78 is 0. The lowest BCUT2D eigenvalue weighted by molar-refractivity contribution is 0.0702. The van der Waals surface area contributed by atoms with Crippen molar-refractivity contribution in [3.8, 4) is 0 Å². The summed E-state index contributed by atoms with van der Waals surface area (Å²) in [6.45, 7) is 0.220. The van der Waals surface area contributed by atoms with Crippen molar-refractivity contribution in [3.63, 3.8) is 0 Å². The van der Waals surface area contributed by atoms with Gasteiger partial charge in [0.05, 0.1) is 6.61 Å². The van der Waals surface area contributed by atoms with Crippen LogP contribution in [-0.4, -0.2) is 16.2 Å². The molecule has 5 heteroatoms. The highest BCUT2D eigenvalue weighted by Crippen LogP contribution is 2.31. The number of aliphatic hydroxyl groups is 1. The molecular weight excluding hydrogens is 304 g/mol. The molecular formula is C16H18O3S2. The van der Waals surface area contributed by atoms with Gasteiger partial charge in [0.25, 0.3) is 0 Å². The van der Waals surface area contributed by atoms with Crippen LogP contribution in [0.3, 0.4) is 0 Å². The van der Waals surface area contributed by atoms with Gasteiger partial charge in [-0.25, -0.2) is 4.79 Å². The number of thiophene rings is 2. The van der Waals surface area contributed by atoms with E-state index in [-0.39, 0.29) is 6.61 Å². The summed E-state index contributed by atoms with van der Waals surface area (Å²) in [5.41, 5.74) is 2.74. The maximum absolute atomic E-state index is 10.5. The van der Waals surface area contributed by atoms with Crippen LogP contribution in [0.25, 0.3) is 0 Å². The predicted octanol–water partition coefficient (Wildman–Crippen LogP) is 3.66. The molecule has 2 aliphatic carbocycles. The Hall–Kier alpha value is -1.17. The number of aromatic carboxylic acids is 1. The van der Waals surface area contributed by atoms with Crippen LogP contribution in [0.5, 0.6) is 0 Å². The Morgan fingerprint density at radius 3 is 2.14 bits per heavy atom. The molecule has 3 nitrogen and oxygen atoms in total. The van der Waals surface area contributed by atoms with Gasteiger partial charge in [-0.3, -0.25) is 0 Å². The quantitative estimate of drug-likeness (QED) is 0.887. The van der Waals surface area contributed by atoms with Gasteiger partial charge >= 0.3 is 5.97 Å². The van der Waals surface area contributed by atoms with E-state index in [1.165, 1.54) is 57.9 Å². The van der Waals surface area contributed by atoms with Gasteiger partial charge in [0.1, 0.15) is 4.88 Å². The normalized spacial score (nSPS) is 15.3. The minimum Gasteiger partial charge on any atom is -0.477 e. The molecule has 0 saturated heterocycles. The van der Waals surface area contributed by atoms with Crippen molar-refractivity contribution < 1.29 is 15.0 Å². The van der Waals surface area contributed by atoms with Crippen molar-refractivity contribution in [2.45, 2.75) is 45.1 Å². The Kier molecular flexibility index (Phi) is 4.42. The minimum atomic E-state index is -0.788. The lowest BCUT2D eigenvalue weighted by Crippen LogP contribution is -1.90. The fourth-order valence-corrected chi connectivity index (χ4v) is 5.12. The molecule has 2 heterocycles. The van der Waals surface area contributed by atoms with Gasteiger partial charge in [-0.15, -0.1) is 22.7 Å². The van der Waals surface area contributed by atoms with E-state index in [2.05, 4.69) is 6.07 Å². The van der Waals surface area contributed by atoms with Crippen LogP contribution in [0.15, 0.2) is 12.1 Å². The van der Waals surface area contributed by atoms with E-state index in [9.17, 15) is 4.79 Å². The standard InChI is InChI=1S/C8H8O2S.C8H10OS/c9-8(10)7-4-5-2-1-3-6(5)11-7;9-5-7-4-6-2-1-3-8(6)10-7/h4H,1-3H2,(H,9,10);4,9H,1-3,5H2. The number of hydrogen-bond donors (Lipinski definition) is 2. The van der Waals surface area contributed by atoms with Gasteiger partial charge in [-0.1, -0.05) is 0 Å². The van der Waals surface area contributed by atoms with Crippen molar-refractivity contribution in [2.75, 3.05) is 0 Å². The van der Waals surface area contributed by atoms with E-state index in [1.54, 1.807) is 11.3 Å². The Bertz CT molecular complexity index is 612. The number of aryl methyl sites for hydroxylation is 4. The van der Waals surface area contributed by atoms with Crippen molar-refractivity contribution in [1.82, 2.24) is 0 Å². The van der Waals surface area contributed by atoms with Crippen LogP contribution in [0, 0.1) is 0 Å². The lowest BCUT2D eigenvalue weighted by Gasteiger charge is -1.85. The van der Waals surface area contributed by atoms with Crippen LogP contribution in [-0.2, 0) is 32.3 Å².